The van der Waals surface area contributed by atoms with Gasteiger partial charge in [0.1, 0.15) is 5.82 Å². The zero-order chi connectivity index (χ0) is 18.9. The van der Waals surface area contributed by atoms with Gasteiger partial charge in [-0.05, 0) is 31.4 Å². The van der Waals surface area contributed by atoms with Gasteiger partial charge in [0.05, 0.1) is 18.2 Å². The van der Waals surface area contributed by atoms with Gasteiger partial charge in [-0.2, -0.15) is 5.10 Å². The molecular formula is C20H26N6O. The Balaban J connectivity index is 1.81. The molecule has 27 heavy (non-hydrogen) atoms. The third-order valence-electron chi connectivity index (χ3n) is 5.57. The van der Waals surface area contributed by atoms with Crippen LogP contribution in [0.15, 0.2) is 30.7 Å². The minimum absolute atomic E-state index is 0.0546. The molecule has 0 aromatic carbocycles. The quantitative estimate of drug-likeness (QED) is 0.748. The van der Waals surface area contributed by atoms with Crippen LogP contribution in [0.5, 0.6) is 0 Å². The molecule has 1 N–H and O–H groups in total. The van der Waals surface area contributed by atoms with Crippen LogP contribution in [0.3, 0.4) is 0 Å². The van der Waals surface area contributed by atoms with Crippen molar-refractivity contribution in [2.24, 2.45) is 12.5 Å². The van der Waals surface area contributed by atoms with E-state index in [0.717, 1.165) is 61.2 Å². The minimum Gasteiger partial charge on any atom is -0.396 e. The molecule has 0 aliphatic carbocycles. The van der Waals surface area contributed by atoms with Crippen LogP contribution in [0.25, 0.3) is 22.4 Å². The van der Waals surface area contributed by atoms with Gasteiger partial charge in [-0.15, -0.1) is 0 Å². The van der Waals surface area contributed by atoms with Crippen LogP contribution in [0.1, 0.15) is 32.6 Å². The third-order valence-corrected chi connectivity index (χ3v) is 5.57. The van der Waals surface area contributed by atoms with Crippen molar-refractivity contribution in [3.05, 3.63) is 30.7 Å². The fourth-order valence-corrected chi connectivity index (χ4v) is 4.20. The average molecular weight is 366 g/mol. The monoisotopic (exact) mass is 366 g/mol. The van der Waals surface area contributed by atoms with E-state index in [1.54, 1.807) is 17.1 Å². The maximum atomic E-state index is 10.1. The second-order valence-electron chi connectivity index (χ2n) is 7.55. The molecule has 4 heterocycles. The normalized spacial score (nSPS) is 20.3. The number of aryl methyl sites for hydroxylation is 1. The van der Waals surface area contributed by atoms with Crippen LogP contribution >= 0.6 is 0 Å². The molecule has 1 fully saturated rings. The number of anilines is 1. The Kier molecular flexibility index (Phi) is 4.78. The lowest BCUT2D eigenvalue weighted by atomic mass is 9.77. The molecule has 3 aromatic heterocycles. The lowest BCUT2D eigenvalue weighted by Crippen LogP contribution is -2.45. The molecule has 7 heteroatoms. The Hall–Kier alpha value is -2.54. The maximum Gasteiger partial charge on any atom is 0.165 e. The number of aliphatic hydroxyl groups excluding tert-OH is 1. The fourth-order valence-electron chi connectivity index (χ4n) is 4.20. The highest BCUT2D eigenvalue weighted by Crippen LogP contribution is 2.37. The molecule has 0 bridgehead atoms. The topological polar surface area (TPSA) is 80.0 Å². The summed E-state index contributed by atoms with van der Waals surface area (Å²) in [6, 6.07) is 3.87. The van der Waals surface area contributed by atoms with E-state index in [9.17, 15) is 5.11 Å². The highest BCUT2D eigenvalue weighted by atomic mass is 16.3. The number of nitrogens with zero attached hydrogens (tertiary/aromatic N) is 6. The molecule has 1 saturated heterocycles. The van der Waals surface area contributed by atoms with Gasteiger partial charge in [0.15, 0.2) is 11.5 Å². The highest BCUT2D eigenvalue weighted by Gasteiger charge is 2.35. The number of pyridine rings is 1. The van der Waals surface area contributed by atoms with Gasteiger partial charge in [0, 0.05) is 43.5 Å². The van der Waals surface area contributed by atoms with Crippen LogP contribution < -0.4 is 4.90 Å². The van der Waals surface area contributed by atoms with E-state index in [2.05, 4.69) is 21.9 Å². The predicted octanol–water partition coefficient (Wildman–Crippen LogP) is 2.80. The summed E-state index contributed by atoms with van der Waals surface area (Å²) in [5, 5.41) is 15.5. The molecular weight excluding hydrogens is 340 g/mol. The summed E-state index contributed by atoms with van der Waals surface area (Å²) in [6.45, 7) is 4.14. The second kappa shape index (κ2) is 7.23. The van der Waals surface area contributed by atoms with E-state index in [4.69, 9.17) is 9.97 Å². The van der Waals surface area contributed by atoms with Crippen LogP contribution in [-0.4, -0.2) is 49.5 Å². The SMILES string of the molecule is CCCC1(CO)CCCN(c2nc(-c3cccnc3)nc3c2cnn3C)C1. The molecule has 0 spiro atoms. The first-order valence-corrected chi connectivity index (χ1v) is 9.62. The summed E-state index contributed by atoms with van der Waals surface area (Å²) in [6.07, 6.45) is 9.58. The molecule has 1 aliphatic rings. The van der Waals surface area contributed by atoms with Gasteiger partial charge in [-0.1, -0.05) is 13.3 Å². The van der Waals surface area contributed by atoms with Gasteiger partial charge in [0.25, 0.3) is 0 Å². The number of aromatic nitrogens is 5. The number of aliphatic hydroxyl groups is 1. The van der Waals surface area contributed by atoms with E-state index >= 15 is 0 Å². The number of rotatable bonds is 5. The molecule has 1 unspecified atom stereocenters. The highest BCUT2D eigenvalue weighted by molar-refractivity contribution is 5.88. The molecule has 7 nitrogen and oxygen atoms in total. The zero-order valence-corrected chi connectivity index (χ0v) is 16.0. The Bertz CT molecular complexity index is 921. The number of piperidine rings is 1. The molecule has 4 rings (SSSR count). The molecule has 1 aliphatic heterocycles. The van der Waals surface area contributed by atoms with Gasteiger partial charge in [-0.3, -0.25) is 9.67 Å². The minimum atomic E-state index is -0.0546. The summed E-state index contributed by atoms with van der Waals surface area (Å²) in [7, 11) is 1.90. The molecule has 0 amide bonds. The Morgan fingerprint density at radius 3 is 2.89 bits per heavy atom. The molecule has 0 radical (unpaired) electrons. The van der Waals surface area contributed by atoms with Gasteiger partial charge in [0.2, 0.25) is 0 Å². The molecule has 0 saturated carbocycles. The summed E-state index contributed by atoms with van der Waals surface area (Å²) in [5.41, 5.74) is 1.65. The summed E-state index contributed by atoms with van der Waals surface area (Å²) in [5.74, 6) is 1.56. The second-order valence-corrected chi connectivity index (χ2v) is 7.55. The lowest BCUT2D eigenvalue weighted by Gasteiger charge is -2.42. The van der Waals surface area contributed by atoms with Crippen molar-refractivity contribution in [1.82, 2.24) is 24.7 Å². The van der Waals surface area contributed by atoms with E-state index in [0.29, 0.717) is 5.82 Å². The fraction of sp³-hybridized carbons (Fsp3) is 0.500. The lowest BCUT2D eigenvalue weighted by molar-refractivity contribution is 0.0953. The first kappa shape index (κ1) is 17.9. The number of hydrogen-bond acceptors (Lipinski definition) is 6. The average Bonchev–Trinajstić information content (AvgIpc) is 3.09. The zero-order valence-electron chi connectivity index (χ0n) is 16.0. The van der Waals surface area contributed by atoms with E-state index in [1.807, 2.05) is 25.4 Å². The van der Waals surface area contributed by atoms with Crippen molar-refractivity contribution in [1.29, 1.82) is 0 Å². The third kappa shape index (κ3) is 3.27. The van der Waals surface area contributed by atoms with Gasteiger partial charge >= 0.3 is 0 Å². The largest absolute Gasteiger partial charge is 0.396 e. The number of hydrogen-bond donors (Lipinski definition) is 1. The first-order valence-electron chi connectivity index (χ1n) is 9.62. The van der Waals surface area contributed by atoms with Crippen molar-refractivity contribution in [3.8, 4) is 11.4 Å². The maximum absolute atomic E-state index is 10.1. The van der Waals surface area contributed by atoms with Gasteiger partial charge in [-0.25, -0.2) is 9.97 Å². The van der Waals surface area contributed by atoms with Crippen LogP contribution in [0.4, 0.5) is 5.82 Å². The van der Waals surface area contributed by atoms with E-state index < -0.39 is 0 Å². The standard InChI is InChI=1S/C20H26N6O/c1-3-7-20(14-27)8-5-10-26(13-20)19-16-12-22-25(2)18(16)23-17(24-19)15-6-4-9-21-11-15/h4,6,9,11-12,27H,3,5,7-8,10,13-14H2,1-2H3. The first-order chi connectivity index (χ1) is 13.2. The Morgan fingerprint density at radius 1 is 1.26 bits per heavy atom. The smallest absolute Gasteiger partial charge is 0.165 e. The van der Waals surface area contributed by atoms with Crippen LogP contribution in [0, 0.1) is 5.41 Å². The molecule has 3 aromatic rings. The molecule has 142 valence electrons. The summed E-state index contributed by atoms with van der Waals surface area (Å²) < 4.78 is 1.79. The molecule has 1 atom stereocenters. The summed E-state index contributed by atoms with van der Waals surface area (Å²) in [4.78, 5) is 16.1. The Morgan fingerprint density at radius 2 is 2.15 bits per heavy atom. The van der Waals surface area contributed by atoms with Crippen molar-refractivity contribution in [2.45, 2.75) is 32.6 Å². The van der Waals surface area contributed by atoms with Crippen molar-refractivity contribution in [2.75, 3.05) is 24.6 Å². The van der Waals surface area contributed by atoms with Crippen molar-refractivity contribution >= 4 is 16.9 Å². The number of fused-ring (bicyclic) bond motifs is 1. The van der Waals surface area contributed by atoms with Crippen molar-refractivity contribution < 1.29 is 5.11 Å². The van der Waals surface area contributed by atoms with Crippen molar-refractivity contribution in [3.63, 3.8) is 0 Å². The van der Waals surface area contributed by atoms with E-state index in [1.165, 1.54) is 0 Å². The van der Waals surface area contributed by atoms with Crippen LogP contribution in [-0.2, 0) is 7.05 Å². The van der Waals surface area contributed by atoms with Crippen LogP contribution in [0.2, 0.25) is 0 Å². The summed E-state index contributed by atoms with van der Waals surface area (Å²) >= 11 is 0. The predicted molar refractivity (Wildman–Crippen MR) is 105 cm³/mol. The van der Waals surface area contributed by atoms with Gasteiger partial charge < -0.3 is 10.0 Å². The van der Waals surface area contributed by atoms with E-state index in [-0.39, 0.29) is 12.0 Å². The Labute approximate surface area is 159 Å².